The Kier molecular flexibility index (Phi) is 6.64. The smallest absolute Gasteiger partial charge is 0.257 e. The molecule has 0 atom stereocenters. The van der Waals surface area contributed by atoms with Crippen molar-refractivity contribution in [3.05, 3.63) is 62.8 Å². The van der Waals surface area contributed by atoms with Gasteiger partial charge in [0.1, 0.15) is 12.4 Å². The van der Waals surface area contributed by atoms with E-state index in [4.69, 9.17) is 34.8 Å². The fourth-order valence-corrected chi connectivity index (χ4v) is 2.78. The third kappa shape index (κ3) is 4.84. The van der Waals surface area contributed by atoms with Crippen LogP contribution in [0, 0.1) is 5.82 Å². The summed E-state index contributed by atoms with van der Waals surface area (Å²) in [5, 5.41) is 3.30. The average molecular weight is 404 g/mol. The highest BCUT2D eigenvalue weighted by Gasteiger charge is 2.21. The zero-order chi connectivity index (χ0) is 18.6. The maximum absolute atomic E-state index is 13.9. The van der Waals surface area contributed by atoms with Gasteiger partial charge in [-0.2, -0.15) is 0 Å². The van der Waals surface area contributed by atoms with E-state index in [0.717, 1.165) is 6.07 Å². The molecule has 25 heavy (non-hydrogen) atoms. The predicted molar refractivity (Wildman–Crippen MR) is 98.1 cm³/mol. The van der Waals surface area contributed by atoms with Crippen molar-refractivity contribution in [1.82, 2.24) is 4.90 Å². The van der Waals surface area contributed by atoms with Crippen molar-refractivity contribution in [2.75, 3.05) is 18.4 Å². The van der Waals surface area contributed by atoms with E-state index in [9.17, 15) is 14.0 Å². The number of hydrogen-bond acceptors (Lipinski definition) is 2. The topological polar surface area (TPSA) is 49.4 Å². The van der Waals surface area contributed by atoms with Crippen LogP contribution < -0.4 is 5.32 Å². The molecule has 4 nitrogen and oxygen atoms in total. The summed E-state index contributed by atoms with van der Waals surface area (Å²) in [7, 11) is 0. The Balaban J connectivity index is 2.13. The lowest BCUT2D eigenvalue weighted by atomic mass is 10.2. The zero-order valence-electron chi connectivity index (χ0n) is 13.2. The maximum Gasteiger partial charge on any atom is 0.257 e. The minimum absolute atomic E-state index is 0.158. The largest absolute Gasteiger partial charge is 0.330 e. The normalized spacial score (nSPS) is 10.4. The van der Waals surface area contributed by atoms with Crippen molar-refractivity contribution >= 4 is 52.3 Å². The lowest BCUT2D eigenvalue weighted by Crippen LogP contribution is -2.38. The second-order valence-corrected chi connectivity index (χ2v) is 6.34. The van der Waals surface area contributed by atoms with Gasteiger partial charge in [-0.25, -0.2) is 4.39 Å². The molecule has 0 aliphatic rings. The molecule has 2 aromatic carbocycles. The molecule has 0 aromatic heterocycles. The summed E-state index contributed by atoms with van der Waals surface area (Å²) in [6, 6.07) is 8.54. The first-order valence-corrected chi connectivity index (χ1v) is 8.45. The molecule has 0 fully saturated rings. The van der Waals surface area contributed by atoms with E-state index < -0.39 is 17.6 Å². The summed E-state index contributed by atoms with van der Waals surface area (Å²) in [5.41, 5.74) is 0.104. The first-order valence-electron chi connectivity index (χ1n) is 7.31. The number of likely N-dealkylation sites (N-methyl/N-ethyl adjacent to an activating group) is 1. The van der Waals surface area contributed by atoms with Gasteiger partial charge in [0, 0.05) is 11.6 Å². The maximum atomic E-state index is 13.9. The van der Waals surface area contributed by atoms with Gasteiger partial charge in [-0.15, -0.1) is 0 Å². The van der Waals surface area contributed by atoms with Gasteiger partial charge in [-0.05, 0) is 37.3 Å². The Labute approximate surface area is 159 Å². The average Bonchev–Trinajstić information content (AvgIpc) is 2.55. The van der Waals surface area contributed by atoms with E-state index in [1.165, 1.54) is 17.0 Å². The van der Waals surface area contributed by atoms with Gasteiger partial charge in [-0.3, -0.25) is 9.59 Å². The van der Waals surface area contributed by atoms with Crippen LogP contribution in [0.2, 0.25) is 15.1 Å². The third-order valence-corrected chi connectivity index (χ3v) is 4.26. The van der Waals surface area contributed by atoms with Crippen LogP contribution in [0.4, 0.5) is 10.1 Å². The number of anilines is 1. The van der Waals surface area contributed by atoms with Crippen molar-refractivity contribution in [3.63, 3.8) is 0 Å². The number of halogens is 4. The number of hydrogen-bond donors (Lipinski definition) is 1. The molecule has 0 saturated carbocycles. The molecule has 0 aliphatic heterocycles. The van der Waals surface area contributed by atoms with E-state index >= 15 is 0 Å². The first-order chi connectivity index (χ1) is 11.8. The predicted octanol–water partition coefficient (Wildman–Crippen LogP) is 4.89. The molecule has 1 N–H and O–H groups in total. The van der Waals surface area contributed by atoms with Crippen LogP contribution in [0.15, 0.2) is 36.4 Å². The second kappa shape index (κ2) is 8.52. The van der Waals surface area contributed by atoms with Crippen LogP contribution in [-0.2, 0) is 4.79 Å². The van der Waals surface area contributed by atoms with E-state index in [1.807, 2.05) is 0 Å². The summed E-state index contributed by atoms with van der Waals surface area (Å²) < 4.78 is 13.9. The lowest BCUT2D eigenvalue weighted by molar-refractivity contribution is -0.116. The Morgan fingerprint density at radius 1 is 1.12 bits per heavy atom. The van der Waals surface area contributed by atoms with Gasteiger partial charge < -0.3 is 10.2 Å². The van der Waals surface area contributed by atoms with E-state index in [0.29, 0.717) is 0 Å². The molecular formula is C17H14Cl3FN2O2. The molecule has 8 heteroatoms. The monoisotopic (exact) mass is 402 g/mol. The van der Waals surface area contributed by atoms with Crippen LogP contribution in [0.1, 0.15) is 17.3 Å². The van der Waals surface area contributed by atoms with Gasteiger partial charge in [0.25, 0.3) is 5.91 Å². The Morgan fingerprint density at radius 2 is 1.76 bits per heavy atom. The summed E-state index contributed by atoms with van der Waals surface area (Å²) in [4.78, 5) is 25.9. The highest BCUT2D eigenvalue weighted by atomic mass is 35.5. The van der Waals surface area contributed by atoms with Gasteiger partial charge in [0.15, 0.2) is 0 Å². The quantitative estimate of drug-likeness (QED) is 0.773. The Bertz CT molecular complexity index is 794. The summed E-state index contributed by atoms with van der Waals surface area (Å²) in [6.45, 7) is 1.62. The number of para-hydroxylation sites is 1. The van der Waals surface area contributed by atoms with Crippen molar-refractivity contribution in [2.24, 2.45) is 0 Å². The fourth-order valence-electron chi connectivity index (χ4n) is 2.13. The van der Waals surface area contributed by atoms with Crippen LogP contribution in [0.5, 0.6) is 0 Å². The molecule has 0 aliphatic carbocycles. The first kappa shape index (κ1) is 19.5. The Hall–Kier alpha value is -1.82. The molecule has 2 amide bonds. The van der Waals surface area contributed by atoms with Crippen molar-refractivity contribution in [1.29, 1.82) is 0 Å². The third-order valence-electron chi connectivity index (χ3n) is 3.39. The standard InChI is InChI=1S/C17H14Cl3FN2O2/c1-2-23(17(25)11-7-6-10(18)8-14(11)21)9-15(24)22-16-12(19)4-3-5-13(16)20/h3-8H,2,9H2,1H3,(H,22,24). The SMILES string of the molecule is CCN(CC(=O)Nc1c(Cl)cccc1Cl)C(=O)c1ccc(Cl)cc1F. The molecular weight excluding hydrogens is 390 g/mol. The van der Waals surface area contributed by atoms with Crippen molar-refractivity contribution in [2.45, 2.75) is 6.92 Å². The highest BCUT2D eigenvalue weighted by molar-refractivity contribution is 6.39. The van der Waals surface area contributed by atoms with Crippen LogP contribution >= 0.6 is 34.8 Å². The molecule has 2 aromatic rings. The molecule has 0 bridgehead atoms. The molecule has 0 unspecified atom stereocenters. The number of carbonyl (C=O) groups excluding carboxylic acids is 2. The van der Waals surface area contributed by atoms with E-state index in [-0.39, 0.29) is 39.4 Å². The lowest BCUT2D eigenvalue weighted by Gasteiger charge is -2.21. The number of amides is 2. The molecule has 0 heterocycles. The van der Waals surface area contributed by atoms with Crippen molar-refractivity contribution in [3.8, 4) is 0 Å². The van der Waals surface area contributed by atoms with Gasteiger partial charge >= 0.3 is 0 Å². The van der Waals surface area contributed by atoms with Crippen LogP contribution in [-0.4, -0.2) is 29.8 Å². The number of rotatable bonds is 5. The van der Waals surface area contributed by atoms with Crippen LogP contribution in [0.25, 0.3) is 0 Å². The molecule has 132 valence electrons. The fraction of sp³-hybridized carbons (Fsp3) is 0.176. The van der Waals surface area contributed by atoms with Gasteiger partial charge in [0.05, 0.1) is 21.3 Å². The molecule has 0 radical (unpaired) electrons. The molecule has 0 saturated heterocycles. The van der Waals surface area contributed by atoms with E-state index in [2.05, 4.69) is 5.32 Å². The Morgan fingerprint density at radius 3 is 2.32 bits per heavy atom. The minimum atomic E-state index is -0.745. The van der Waals surface area contributed by atoms with E-state index in [1.54, 1.807) is 25.1 Å². The highest BCUT2D eigenvalue weighted by Crippen LogP contribution is 2.29. The summed E-state index contributed by atoms with van der Waals surface area (Å²) in [5.74, 6) is -1.86. The number of carbonyl (C=O) groups is 2. The number of nitrogens with one attached hydrogen (secondary N) is 1. The number of benzene rings is 2. The minimum Gasteiger partial charge on any atom is -0.330 e. The second-order valence-electron chi connectivity index (χ2n) is 5.09. The molecule has 2 rings (SSSR count). The number of nitrogens with zero attached hydrogens (tertiary/aromatic N) is 1. The van der Waals surface area contributed by atoms with Crippen LogP contribution in [0.3, 0.4) is 0 Å². The molecule has 0 spiro atoms. The van der Waals surface area contributed by atoms with Gasteiger partial charge in [-0.1, -0.05) is 40.9 Å². The van der Waals surface area contributed by atoms with Crippen molar-refractivity contribution < 1.29 is 14.0 Å². The summed E-state index contributed by atoms with van der Waals surface area (Å²) >= 11 is 17.7. The van der Waals surface area contributed by atoms with Gasteiger partial charge in [0.2, 0.25) is 5.91 Å². The zero-order valence-corrected chi connectivity index (χ0v) is 15.4. The summed E-state index contributed by atoms with van der Waals surface area (Å²) in [6.07, 6.45) is 0.